The first kappa shape index (κ1) is 19.6. The Balaban J connectivity index is 1.86. The molecule has 144 valence electrons. The van der Waals surface area contributed by atoms with Crippen LogP contribution in [-0.4, -0.2) is 23.3 Å². The number of amides is 1. The molecule has 3 rings (SSSR count). The minimum absolute atomic E-state index is 0.0473. The molecule has 1 unspecified atom stereocenters. The summed E-state index contributed by atoms with van der Waals surface area (Å²) in [5.74, 6) is -0.601. The summed E-state index contributed by atoms with van der Waals surface area (Å²) in [4.78, 5) is 27.1. The maximum atomic E-state index is 12.8. The monoisotopic (exact) mass is 375 g/mol. The number of nitrogens with zero attached hydrogens (tertiary/aromatic N) is 1. The molecule has 0 N–H and O–H groups in total. The van der Waals surface area contributed by atoms with Crippen LogP contribution in [-0.2, 0) is 20.9 Å². The van der Waals surface area contributed by atoms with Crippen molar-refractivity contribution >= 4 is 17.6 Å². The summed E-state index contributed by atoms with van der Waals surface area (Å²) in [5.41, 5.74) is 2.60. The Bertz CT molecular complexity index is 843. The standard InChI is InChI=1S/C24H25NO3/c1-2-16-25-22(20-12-7-4-8-13-20)17-21(14-9-15-23(25)26)24(27)28-18-19-10-5-3-6-11-19/h2-8,10-13,17,21H,1,9,14-16,18H2/b22-17-. The Morgan fingerprint density at radius 2 is 1.79 bits per heavy atom. The predicted molar refractivity (Wildman–Crippen MR) is 110 cm³/mol. The molecule has 0 spiro atoms. The van der Waals surface area contributed by atoms with Gasteiger partial charge in [-0.15, -0.1) is 6.58 Å². The van der Waals surface area contributed by atoms with Gasteiger partial charge in [-0.2, -0.15) is 0 Å². The van der Waals surface area contributed by atoms with Gasteiger partial charge in [-0.05, 0) is 30.0 Å². The highest BCUT2D eigenvalue weighted by Gasteiger charge is 2.26. The molecule has 0 fully saturated rings. The molecule has 0 saturated carbocycles. The first-order valence-electron chi connectivity index (χ1n) is 9.58. The highest BCUT2D eigenvalue weighted by atomic mass is 16.5. The van der Waals surface area contributed by atoms with E-state index in [0.29, 0.717) is 25.8 Å². The molecule has 0 bridgehead atoms. The smallest absolute Gasteiger partial charge is 0.313 e. The van der Waals surface area contributed by atoms with Gasteiger partial charge in [-0.3, -0.25) is 9.59 Å². The van der Waals surface area contributed by atoms with Gasteiger partial charge >= 0.3 is 5.97 Å². The van der Waals surface area contributed by atoms with Gasteiger partial charge in [0.1, 0.15) is 6.61 Å². The van der Waals surface area contributed by atoms with E-state index in [4.69, 9.17) is 4.74 Å². The maximum Gasteiger partial charge on any atom is 0.313 e. The second kappa shape index (κ2) is 9.70. The molecule has 1 amide bonds. The first-order valence-corrected chi connectivity index (χ1v) is 9.58. The lowest BCUT2D eigenvalue weighted by atomic mass is 9.95. The Labute approximate surface area is 166 Å². The summed E-state index contributed by atoms with van der Waals surface area (Å²) in [7, 11) is 0. The number of carbonyl (C=O) groups excluding carboxylic acids is 2. The van der Waals surface area contributed by atoms with Gasteiger partial charge in [-0.1, -0.05) is 66.7 Å². The van der Waals surface area contributed by atoms with Crippen molar-refractivity contribution in [2.75, 3.05) is 6.54 Å². The van der Waals surface area contributed by atoms with Crippen molar-refractivity contribution < 1.29 is 14.3 Å². The fourth-order valence-electron chi connectivity index (χ4n) is 3.32. The number of hydrogen-bond acceptors (Lipinski definition) is 3. The average molecular weight is 375 g/mol. The van der Waals surface area contributed by atoms with Crippen molar-refractivity contribution in [3.05, 3.63) is 90.5 Å². The minimum atomic E-state index is -0.390. The second-order valence-corrected chi connectivity index (χ2v) is 6.80. The third-order valence-corrected chi connectivity index (χ3v) is 4.76. The summed E-state index contributed by atoms with van der Waals surface area (Å²) >= 11 is 0. The predicted octanol–water partition coefficient (Wildman–Crippen LogP) is 4.59. The third-order valence-electron chi connectivity index (χ3n) is 4.76. The van der Waals surface area contributed by atoms with E-state index in [-0.39, 0.29) is 24.4 Å². The molecular weight excluding hydrogens is 350 g/mol. The van der Waals surface area contributed by atoms with Gasteiger partial charge in [0.05, 0.1) is 5.92 Å². The van der Waals surface area contributed by atoms with Crippen LogP contribution >= 0.6 is 0 Å². The second-order valence-electron chi connectivity index (χ2n) is 6.80. The summed E-state index contributed by atoms with van der Waals surface area (Å²) in [6.45, 7) is 4.43. The summed E-state index contributed by atoms with van der Waals surface area (Å²) in [6, 6.07) is 19.3. The van der Waals surface area contributed by atoms with Crippen molar-refractivity contribution in [3.63, 3.8) is 0 Å². The van der Waals surface area contributed by atoms with Crippen molar-refractivity contribution in [3.8, 4) is 0 Å². The van der Waals surface area contributed by atoms with E-state index in [2.05, 4.69) is 6.58 Å². The van der Waals surface area contributed by atoms with Crippen molar-refractivity contribution in [1.82, 2.24) is 4.90 Å². The Morgan fingerprint density at radius 3 is 2.46 bits per heavy atom. The van der Waals surface area contributed by atoms with Crippen LogP contribution in [0.25, 0.3) is 5.70 Å². The van der Waals surface area contributed by atoms with E-state index in [1.807, 2.05) is 66.7 Å². The van der Waals surface area contributed by atoms with Crippen molar-refractivity contribution in [2.45, 2.75) is 25.9 Å². The minimum Gasteiger partial charge on any atom is -0.460 e. The van der Waals surface area contributed by atoms with Crippen molar-refractivity contribution in [1.29, 1.82) is 0 Å². The molecule has 0 radical (unpaired) electrons. The van der Waals surface area contributed by atoms with E-state index >= 15 is 0 Å². The average Bonchev–Trinajstić information content (AvgIpc) is 2.73. The molecule has 0 saturated heterocycles. The number of esters is 1. The number of benzene rings is 2. The van der Waals surface area contributed by atoms with Crippen LogP contribution in [0.4, 0.5) is 0 Å². The molecule has 1 atom stereocenters. The first-order chi connectivity index (χ1) is 13.7. The van der Waals surface area contributed by atoms with Gasteiger partial charge in [0.15, 0.2) is 0 Å². The van der Waals surface area contributed by atoms with E-state index < -0.39 is 0 Å². The Hall–Kier alpha value is -3.14. The molecule has 1 aliphatic heterocycles. The van der Waals surface area contributed by atoms with Crippen LogP contribution in [0.5, 0.6) is 0 Å². The lowest BCUT2D eigenvalue weighted by Crippen LogP contribution is -2.32. The number of rotatable bonds is 6. The Kier molecular flexibility index (Phi) is 6.79. The van der Waals surface area contributed by atoms with Crippen LogP contribution in [0.1, 0.15) is 30.4 Å². The SMILES string of the molecule is C=CCN1C(=O)CCCC(C(=O)OCc2ccccc2)/C=C\1c1ccccc1. The van der Waals surface area contributed by atoms with Gasteiger partial charge < -0.3 is 9.64 Å². The molecular formula is C24H25NO3. The number of carbonyl (C=O) groups is 2. The van der Waals surface area contributed by atoms with Crippen LogP contribution in [0.15, 0.2) is 79.4 Å². The fraction of sp³-hybridized carbons (Fsp3) is 0.250. The highest BCUT2D eigenvalue weighted by Crippen LogP contribution is 2.28. The highest BCUT2D eigenvalue weighted by molar-refractivity contribution is 5.89. The largest absolute Gasteiger partial charge is 0.460 e. The van der Waals surface area contributed by atoms with Crippen LogP contribution in [0, 0.1) is 5.92 Å². The summed E-state index contributed by atoms with van der Waals surface area (Å²) in [5, 5.41) is 0. The van der Waals surface area contributed by atoms with Gasteiger partial charge in [0, 0.05) is 18.7 Å². The lowest BCUT2D eigenvalue weighted by Gasteiger charge is -2.28. The molecule has 0 aromatic heterocycles. The van der Waals surface area contributed by atoms with Crippen LogP contribution < -0.4 is 0 Å². The molecule has 0 aliphatic carbocycles. The molecule has 28 heavy (non-hydrogen) atoms. The lowest BCUT2D eigenvalue weighted by molar-refractivity contribution is -0.148. The topological polar surface area (TPSA) is 46.6 Å². The molecule has 1 aliphatic rings. The van der Waals surface area contributed by atoms with E-state index in [9.17, 15) is 9.59 Å². The zero-order chi connectivity index (χ0) is 19.8. The van der Waals surface area contributed by atoms with E-state index in [1.54, 1.807) is 11.0 Å². The normalized spacial score (nSPS) is 19.1. The maximum absolute atomic E-state index is 12.8. The van der Waals surface area contributed by atoms with Gasteiger partial charge in [-0.25, -0.2) is 0 Å². The number of hydrogen-bond donors (Lipinski definition) is 0. The quantitative estimate of drug-likeness (QED) is 0.548. The summed E-state index contributed by atoms with van der Waals surface area (Å²) < 4.78 is 5.56. The van der Waals surface area contributed by atoms with Gasteiger partial charge in [0.25, 0.3) is 0 Å². The molecule has 4 nitrogen and oxygen atoms in total. The fourth-order valence-corrected chi connectivity index (χ4v) is 3.32. The third kappa shape index (κ3) is 4.97. The molecule has 4 heteroatoms. The summed E-state index contributed by atoms with van der Waals surface area (Å²) in [6.07, 6.45) is 5.23. The Morgan fingerprint density at radius 1 is 1.11 bits per heavy atom. The van der Waals surface area contributed by atoms with Crippen LogP contribution in [0.2, 0.25) is 0 Å². The zero-order valence-electron chi connectivity index (χ0n) is 15.9. The molecule has 1 heterocycles. The van der Waals surface area contributed by atoms with Gasteiger partial charge in [0.2, 0.25) is 5.91 Å². The van der Waals surface area contributed by atoms with Crippen LogP contribution in [0.3, 0.4) is 0 Å². The van der Waals surface area contributed by atoms with Crippen molar-refractivity contribution in [2.24, 2.45) is 5.92 Å². The van der Waals surface area contributed by atoms with E-state index in [1.165, 1.54) is 0 Å². The molecule has 2 aromatic carbocycles. The number of ether oxygens (including phenoxy) is 1. The molecule has 2 aromatic rings. The van der Waals surface area contributed by atoms with E-state index in [0.717, 1.165) is 16.8 Å². The zero-order valence-corrected chi connectivity index (χ0v) is 15.9.